The summed E-state index contributed by atoms with van der Waals surface area (Å²) >= 11 is 0. The molecule has 15 heavy (non-hydrogen) atoms. The summed E-state index contributed by atoms with van der Waals surface area (Å²) in [6.45, 7) is 7.90. The maximum Gasteiger partial charge on any atom is 0.247 e. The molecular formula is C12H16N2O. The van der Waals surface area contributed by atoms with Crippen molar-refractivity contribution in [2.24, 2.45) is 5.73 Å². The number of amides is 1. The van der Waals surface area contributed by atoms with Crippen LogP contribution < -0.4 is 11.1 Å². The fraction of sp³-hybridized carbons (Fsp3) is 0.250. The van der Waals surface area contributed by atoms with Gasteiger partial charge in [-0.3, -0.25) is 4.79 Å². The van der Waals surface area contributed by atoms with E-state index in [1.54, 1.807) is 0 Å². The Labute approximate surface area is 90.0 Å². The highest BCUT2D eigenvalue weighted by Crippen LogP contribution is 2.19. The molecule has 0 aliphatic carbocycles. The lowest BCUT2D eigenvalue weighted by atomic mass is 10.0. The highest BCUT2D eigenvalue weighted by molar-refractivity contribution is 5.99. The summed E-state index contributed by atoms with van der Waals surface area (Å²) in [5.74, 6) is -0.207. The molecule has 0 saturated carbocycles. The molecule has 3 N–H and O–H groups in total. The Morgan fingerprint density at radius 1 is 1.53 bits per heavy atom. The van der Waals surface area contributed by atoms with Crippen LogP contribution in [0.5, 0.6) is 0 Å². The zero-order chi connectivity index (χ0) is 11.4. The number of aryl methyl sites for hydroxylation is 1. The highest BCUT2D eigenvalue weighted by atomic mass is 16.1. The molecule has 0 bridgehead atoms. The minimum atomic E-state index is -0.207. The van der Waals surface area contributed by atoms with Crippen molar-refractivity contribution in [2.75, 3.05) is 5.32 Å². The Hall–Kier alpha value is -1.61. The number of nitrogens with one attached hydrogen (secondary N) is 1. The fourth-order valence-electron chi connectivity index (χ4n) is 1.41. The number of hydrogen-bond acceptors (Lipinski definition) is 2. The van der Waals surface area contributed by atoms with E-state index >= 15 is 0 Å². The van der Waals surface area contributed by atoms with Gasteiger partial charge in [-0.15, -0.1) is 0 Å². The lowest BCUT2D eigenvalue weighted by molar-refractivity contribution is -0.111. The summed E-state index contributed by atoms with van der Waals surface area (Å²) in [6.07, 6.45) is 1.25. The number of carbonyl (C=O) groups is 1. The minimum absolute atomic E-state index is 0.207. The van der Waals surface area contributed by atoms with Gasteiger partial charge >= 0.3 is 0 Å². The van der Waals surface area contributed by atoms with Gasteiger partial charge in [-0.05, 0) is 48.7 Å². The molecule has 1 aromatic rings. The lowest BCUT2D eigenvalue weighted by Crippen LogP contribution is -2.09. The van der Waals surface area contributed by atoms with Crippen molar-refractivity contribution >= 4 is 11.6 Å². The van der Waals surface area contributed by atoms with Gasteiger partial charge in [-0.25, -0.2) is 0 Å². The Bertz CT molecular complexity index is 397. The first-order chi connectivity index (χ1) is 7.08. The van der Waals surface area contributed by atoms with Gasteiger partial charge in [0.1, 0.15) is 0 Å². The minimum Gasteiger partial charge on any atom is -0.326 e. The predicted molar refractivity (Wildman–Crippen MR) is 62.6 cm³/mol. The van der Waals surface area contributed by atoms with E-state index in [1.807, 2.05) is 26.0 Å². The summed E-state index contributed by atoms with van der Waals surface area (Å²) in [5, 5.41) is 2.72. The number of anilines is 1. The Kier molecular flexibility index (Phi) is 3.63. The van der Waals surface area contributed by atoms with Crippen LogP contribution in [0.4, 0.5) is 5.69 Å². The third-order valence-corrected chi connectivity index (χ3v) is 2.45. The molecule has 1 rings (SSSR count). The molecule has 0 unspecified atom stereocenters. The first-order valence-electron chi connectivity index (χ1n) is 4.82. The average molecular weight is 204 g/mol. The second-order valence-corrected chi connectivity index (χ2v) is 3.47. The van der Waals surface area contributed by atoms with Gasteiger partial charge in [0.2, 0.25) is 5.91 Å². The molecular weight excluding hydrogens is 188 g/mol. The Morgan fingerprint density at radius 3 is 2.73 bits per heavy atom. The van der Waals surface area contributed by atoms with E-state index in [9.17, 15) is 4.79 Å². The van der Waals surface area contributed by atoms with Crippen molar-refractivity contribution in [2.45, 2.75) is 20.4 Å². The molecule has 3 nitrogen and oxygen atoms in total. The summed E-state index contributed by atoms with van der Waals surface area (Å²) in [5.41, 5.74) is 9.73. The highest BCUT2D eigenvalue weighted by Gasteiger charge is 2.04. The number of hydrogen-bond donors (Lipinski definition) is 2. The van der Waals surface area contributed by atoms with E-state index < -0.39 is 0 Å². The van der Waals surface area contributed by atoms with E-state index in [0.717, 1.165) is 16.8 Å². The topological polar surface area (TPSA) is 55.1 Å². The van der Waals surface area contributed by atoms with Gasteiger partial charge < -0.3 is 11.1 Å². The van der Waals surface area contributed by atoms with Crippen LogP contribution in [0.1, 0.15) is 16.7 Å². The summed E-state index contributed by atoms with van der Waals surface area (Å²) in [4.78, 5) is 11.1. The van der Waals surface area contributed by atoms with Crippen LogP contribution in [0, 0.1) is 13.8 Å². The second kappa shape index (κ2) is 4.75. The maximum atomic E-state index is 11.1. The van der Waals surface area contributed by atoms with E-state index in [-0.39, 0.29) is 5.91 Å². The second-order valence-electron chi connectivity index (χ2n) is 3.47. The normalized spacial score (nSPS) is 9.80. The van der Waals surface area contributed by atoms with Gasteiger partial charge in [0, 0.05) is 12.2 Å². The van der Waals surface area contributed by atoms with Gasteiger partial charge in [0.25, 0.3) is 0 Å². The third-order valence-electron chi connectivity index (χ3n) is 2.45. The molecule has 3 heteroatoms. The average Bonchev–Trinajstić information content (AvgIpc) is 2.22. The molecule has 0 aromatic heterocycles. The molecule has 0 atom stereocenters. The SMILES string of the molecule is C=CC(=O)Nc1cc(C)c(C)c(CN)c1. The zero-order valence-electron chi connectivity index (χ0n) is 9.13. The zero-order valence-corrected chi connectivity index (χ0v) is 9.13. The van der Waals surface area contributed by atoms with Gasteiger partial charge in [-0.1, -0.05) is 6.58 Å². The lowest BCUT2D eigenvalue weighted by Gasteiger charge is -2.10. The number of rotatable bonds is 3. The molecule has 0 radical (unpaired) electrons. The fourth-order valence-corrected chi connectivity index (χ4v) is 1.41. The number of carbonyl (C=O) groups excluding carboxylic acids is 1. The van der Waals surface area contributed by atoms with Crippen molar-refractivity contribution in [3.63, 3.8) is 0 Å². The molecule has 1 aromatic carbocycles. The number of nitrogens with two attached hydrogens (primary N) is 1. The summed E-state index contributed by atoms with van der Waals surface area (Å²) in [7, 11) is 0. The van der Waals surface area contributed by atoms with Crippen LogP contribution in [0.25, 0.3) is 0 Å². The van der Waals surface area contributed by atoms with Crippen molar-refractivity contribution in [3.05, 3.63) is 41.5 Å². The molecule has 1 amide bonds. The standard InChI is InChI=1S/C12H16N2O/c1-4-12(15)14-11-5-8(2)9(3)10(6-11)7-13/h4-6H,1,7,13H2,2-3H3,(H,14,15). The van der Waals surface area contributed by atoms with Gasteiger partial charge in [-0.2, -0.15) is 0 Å². The van der Waals surface area contributed by atoms with Crippen molar-refractivity contribution in [1.82, 2.24) is 0 Å². The molecule has 0 spiro atoms. The summed E-state index contributed by atoms with van der Waals surface area (Å²) in [6, 6.07) is 3.82. The first kappa shape index (κ1) is 11.5. The molecule has 0 aliphatic heterocycles. The van der Waals surface area contributed by atoms with E-state index in [0.29, 0.717) is 6.54 Å². The van der Waals surface area contributed by atoms with Crippen molar-refractivity contribution < 1.29 is 4.79 Å². The van der Waals surface area contributed by atoms with Gasteiger partial charge in [0.15, 0.2) is 0 Å². The van der Waals surface area contributed by atoms with Crippen LogP contribution in [0.15, 0.2) is 24.8 Å². The third kappa shape index (κ3) is 2.67. The van der Waals surface area contributed by atoms with Crippen LogP contribution in [0.3, 0.4) is 0 Å². The van der Waals surface area contributed by atoms with Crippen LogP contribution >= 0.6 is 0 Å². The van der Waals surface area contributed by atoms with Gasteiger partial charge in [0.05, 0.1) is 0 Å². The Balaban J connectivity index is 3.05. The first-order valence-corrected chi connectivity index (χ1v) is 4.82. The van der Waals surface area contributed by atoms with E-state index in [2.05, 4.69) is 11.9 Å². The molecule has 0 fully saturated rings. The predicted octanol–water partition coefficient (Wildman–Crippen LogP) is 1.89. The van der Waals surface area contributed by atoms with Crippen LogP contribution in [0.2, 0.25) is 0 Å². The Morgan fingerprint density at radius 2 is 2.20 bits per heavy atom. The van der Waals surface area contributed by atoms with E-state index in [4.69, 9.17) is 5.73 Å². The number of benzene rings is 1. The van der Waals surface area contributed by atoms with Crippen molar-refractivity contribution in [1.29, 1.82) is 0 Å². The molecule has 0 saturated heterocycles. The summed E-state index contributed by atoms with van der Waals surface area (Å²) < 4.78 is 0. The van der Waals surface area contributed by atoms with Crippen LogP contribution in [-0.2, 0) is 11.3 Å². The monoisotopic (exact) mass is 204 g/mol. The smallest absolute Gasteiger partial charge is 0.247 e. The maximum absolute atomic E-state index is 11.1. The quantitative estimate of drug-likeness (QED) is 0.739. The van der Waals surface area contributed by atoms with Crippen LogP contribution in [-0.4, -0.2) is 5.91 Å². The molecule has 0 aliphatic rings. The largest absolute Gasteiger partial charge is 0.326 e. The van der Waals surface area contributed by atoms with E-state index in [1.165, 1.54) is 11.6 Å². The molecule has 0 heterocycles. The van der Waals surface area contributed by atoms with Crippen molar-refractivity contribution in [3.8, 4) is 0 Å². The molecule has 80 valence electrons.